The summed E-state index contributed by atoms with van der Waals surface area (Å²) in [6, 6.07) is 7.66. The lowest BCUT2D eigenvalue weighted by Gasteiger charge is -2.32. The van der Waals surface area contributed by atoms with Crippen molar-refractivity contribution in [1.82, 2.24) is 0 Å². The van der Waals surface area contributed by atoms with E-state index in [1.165, 1.54) is 12.8 Å². The molecular weight excluding hydrogens is 380 g/mol. The first kappa shape index (κ1) is 20.6. The SMILES string of the molecule is CC1CCN(c2ccc(NC(=O)COC(=O)C[C@@H]3CCS(=O)(=O)C3)cc2)CC1. The van der Waals surface area contributed by atoms with E-state index in [0.717, 1.165) is 24.7 Å². The molecule has 28 heavy (non-hydrogen) atoms. The molecule has 1 aromatic carbocycles. The number of nitrogens with zero attached hydrogens (tertiary/aromatic N) is 1. The van der Waals surface area contributed by atoms with E-state index in [4.69, 9.17) is 4.74 Å². The zero-order valence-corrected chi connectivity index (χ0v) is 17.0. The molecule has 2 aliphatic rings. The third-order valence-corrected chi connectivity index (χ3v) is 7.28. The van der Waals surface area contributed by atoms with Crippen molar-refractivity contribution < 1.29 is 22.7 Å². The van der Waals surface area contributed by atoms with Crippen molar-refractivity contribution in [3.8, 4) is 0 Å². The van der Waals surface area contributed by atoms with Gasteiger partial charge in [-0.25, -0.2) is 8.42 Å². The van der Waals surface area contributed by atoms with Crippen LogP contribution in [-0.4, -0.2) is 51.5 Å². The summed E-state index contributed by atoms with van der Waals surface area (Å²) in [6.07, 6.45) is 2.90. The lowest BCUT2D eigenvalue weighted by atomic mass is 9.99. The number of piperidine rings is 1. The molecule has 0 aromatic heterocycles. The maximum absolute atomic E-state index is 12.0. The lowest BCUT2D eigenvalue weighted by molar-refractivity contribution is -0.148. The Morgan fingerprint density at radius 1 is 1.14 bits per heavy atom. The Morgan fingerprint density at radius 2 is 1.82 bits per heavy atom. The van der Waals surface area contributed by atoms with Gasteiger partial charge in [0.15, 0.2) is 16.4 Å². The first-order valence-corrected chi connectivity index (χ1v) is 11.6. The highest BCUT2D eigenvalue weighted by Gasteiger charge is 2.30. The van der Waals surface area contributed by atoms with Gasteiger partial charge < -0.3 is 15.0 Å². The van der Waals surface area contributed by atoms with Crippen LogP contribution in [-0.2, 0) is 24.2 Å². The van der Waals surface area contributed by atoms with Crippen LogP contribution in [0.15, 0.2) is 24.3 Å². The molecule has 2 heterocycles. The number of benzene rings is 1. The van der Waals surface area contributed by atoms with Crippen molar-refractivity contribution in [1.29, 1.82) is 0 Å². The molecule has 1 aromatic rings. The number of ether oxygens (including phenoxy) is 1. The highest BCUT2D eigenvalue weighted by atomic mass is 32.2. The minimum absolute atomic E-state index is 0.0244. The van der Waals surface area contributed by atoms with Gasteiger partial charge in [-0.05, 0) is 55.4 Å². The quantitative estimate of drug-likeness (QED) is 0.726. The van der Waals surface area contributed by atoms with Crippen LogP contribution in [0.4, 0.5) is 11.4 Å². The second-order valence-corrected chi connectivity index (χ2v) is 10.1. The average molecular weight is 409 g/mol. The van der Waals surface area contributed by atoms with Crippen LogP contribution in [0.1, 0.15) is 32.6 Å². The highest BCUT2D eigenvalue weighted by Crippen LogP contribution is 2.24. The van der Waals surface area contributed by atoms with Crippen LogP contribution >= 0.6 is 0 Å². The van der Waals surface area contributed by atoms with Gasteiger partial charge in [0.05, 0.1) is 11.5 Å². The van der Waals surface area contributed by atoms with Crippen LogP contribution in [0.3, 0.4) is 0 Å². The average Bonchev–Trinajstić information content (AvgIpc) is 3.00. The van der Waals surface area contributed by atoms with Crippen molar-refractivity contribution in [2.75, 3.05) is 41.4 Å². The van der Waals surface area contributed by atoms with Crippen LogP contribution in [0, 0.1) is 11.8 Å². The van der Waals surface area contributed by atoms with Gasteiger partial charge in [0.2, 0.25) is 0 Å². The van der Waals surface area contributed by atoms with Gasteiger partial charge in [0.25, 0.3) is 5.91 Å². The largest absolute Gasteiger partial charge is 0.456 e. The molecule has 7 nitrogen and oxygen atoms in total. The first-order chi connectivity index (χ1) is 13.3. The Balaban J connectivity index is 1.40. The molecule has 0 bridgehead atoms. The van der Waals surface area contributed by atoms with Gasteiger partial charge in [-0.2, -0.15) is 0 Å². The predicted octanol–water partition coefficient (Wildman–Crippen LogP) is 2.23. The van der Waals surface area contributed by atoms with Crippen molar-refractivity contribution in [3.05, 3.63) is 24.3 Å². The molecule has 8 heteroatoms. The number of sulfone groups is 1. The van der Waals surface area contributed by atoms with E-state index in [-0.39, 0.29) is 30.5 Å². The van der Waals surface area contributed by atoms with Crippen molar-refractivity contribution in [2.24, 2.45) is 11.8 Å². The summed E-state index contributed by atoms with van der Waals surface area (Å²) in [5.41, 5.74) is 1.79. The minimum Gasteiger partial charge on any atom is -0.456 e. The van der Waals surface area contributed by atoms with Gasteiger partial charge >= 0.3 is 5.97 Å². The molecule has 0 spiro atoms. The van der Waals surface area contributed by atoms with Crippen LogP contribution in [0.5, 0.6) is 0 Å². The molecule has 2 saturated heterocycles. The minimum atomic E-state index is -3.02. The highest BCUT2D eigenvalue weighted by molar-refractivity contribution is 7.91. The van der Waals surface area contributed by atoms with Crippen molar-refractivity contribution in [3.63, 3.8) is 0 Å². The lowest BCUT2D eigenvalue weighted by Crippen LogP contribution is -2.32. The molecule has 2 aliphatic heterocycles. The Kier molecular flexibility index (Phi) is 6.59. The number of carbonyl (C=O) groups is 2. The van der Waals surface area contributed by atoms with Crippen molar-refractivity contribution >= 4 is 33.1 Å². The smallest absolute Gasteiger partial charge is 0.306 e. The molecule has 1 amide bonds. The molecule has 0 saturated carbocycles. The molecule has 154 valence electrons. The van der Waals surface area contributed by atoms with E-state index in [2.05, 4.69) is 17.1 Å². The van der Waals surface area contributed by atoms with Gasteiger partial charge in [0, 0.05) is 30.9 Å². The zero-order chi connectivity index (χ0) is 20.1. The Morgan fingerprint density at radius 3 is 2.43 bits per heavy atom. The van der Waals surface area contributed by atoms with Gasteiger partial charge in [0.1, 0.15) is 0 Å². The van der Waals surface area contributed by atoms with E-state index in [9.17, 15) is 18.0 Å². The number of anilines is 2. The molecule has 0 radical (unpaired) electrons. The number of amides is 1. The van der Waals surface area contributed by atoms with E-state index in [1.54, 1.807) is 0 Å². The number of hydrogen-bond acceptors (Lipinski definition) is 6. The topological polar surface area (TPSA) is 92.8 Å². The summed E-state index contributed by atoms with van der Waals surface area (Å²) in [5.74, 6) is -0.227. The molecule has 3 rings (SSSR count). The molecule has 0 unspecified atom stereocenters. The Hall–Kier alpha value is -2.09. The fourth-order valence-corrected chi connectivity index (χ4v) is 5.55. The second kappa shape index (κ2) is 8.94. The molecule has 2 fully saturated rings. The van der Waals surface area contributed by atoms with Gasteiger partial charge in [-0.3, -0.25) is 9.59 Å². The Labute approximate surface area is 166 Å². The summed E-state index contributed by atoms with van der Waals surface area (Å²) in [4.78, 5) is 26.1. The molecule has 0 aliphatic carbocycles. The number of esters is 1. The second-order valence-electron chi connectivity index (χ2n) is 7.90. The number of nitrogens with one attached hydrogen (secondary N) is 1. The molecular formula is C20H28N2O5S. The van der Waals surface area contributed by atoms with E-state index in [1.807, 2.05) is 24.3 Å². The maximum atomic E-state index is 12.0. The van der Waals surface area contributed by atoms with Crippen molar-refractivity contribution in [2.45, 2.75) is 32.6 Å². The normalized spacial score (nSPS) is 22.0. The fraction of sp³-hybridized carbons (Fsp3) is 0.600. The van der Waals surface area contributed by atoms with E-state index in [0.29, 0.717) is 12.1 Å². The summed E-state index contributed by atoms with van der Waals surface area (Å²) in [5, 5.41) is 2.71. The van der Waals surface area contributed by atoms with Gasteiger partial charge in [-0.15, -0.1) is 0 Å². The number of rotatable bonds is 6. The first-order valence-electron chi connectivity index (χ1n) is 9.81. The summed E-state index contributed by atoms with van der Waals surface area (Å²) in [6.45, 7) is 4.00. The zero-order valence-electron chi connectivity index (χ0n) is 16.2. The van der Waals surface area contributed by atoms with Crippen LogP contribution in [0.2, 0.25) is 0 Å². The summed E-state index contributed by atoms with van der Waals surface area (Å²) in [7, 11) is -3.02. The predicted molar refractivity (Wildman–Crippen MR) is 108 cm³/mol. The van der Waals surface area contributed by atoms with Crippen LogP contribution in [0.25, 0.3) is 0 Å². The molecule has 1 atom stereocenters. The monoisotopic (exact) mass is 408 g/mol. The number of carbonyl (C=O) groups excluding carboxylic acids is 2. The third-order valence-electron chi connectivity index (χ3n) is 5.45. The fourth-order valence-electron chi connectivity index (χ4n) is 3.69. The van der Waals surface area contributed by atoms with Crippen LogP contribution < -0.4 is 10.2 Å². The van der Waals surface area contributed by atoms with Gasteiger partial charge in [-0.1, -0.05) is 6.92 Å². The molecule has 1 N–H and O–H groups in total. The van der Waals surface area contributed by atoms with E-state index < -0.39 is 21.7 Å². The maximum Gasteiger partial charge on any atom is 0.306 e. The van der Waals surface area contributed by atoms with E-state index >= 15 is 0 Å². The Bertz CT molecular complexity index is 798. The number of hydrogen-bond donors (Lipinski definition) is 1. The standard InChI is InChI=1S/C20H28N2O5S/c1-15-6-9-22(10-7-15)18-4-2-17(3-5-18)21-19(23)13-27-20(24)12-16-8-11-28(25,26)14-16/h2-5,15-16H,6-14H2,1H3,(H,21,23)/t16-/m0/s1. The summed E-state index contributed by atoms with van der Waals surface area (Å²) < 4.78 is 27.8. The summed E-state index contributed by atoms with van der Waals surface area (Å²) >= 11 is 0. The third kappa shape index (κ3) is 5.95.